The molecule has 1 aromatic carbocycles. The van der Waals surface area contributed by atoms with E-state index in [1.54, 1.807) is 0 Å². The Hall–Kier alpha value is -1.00. The minimum absolute atomic E-state index is 0.0345. The molecule has 0 bridgehead atoms. The molecule has 1 atom stereocenters. The molecule has 102 valence electrons. The highest BCUT2D eigenvalue weighted by atomic mass is 19.1. The van der Waals surface area contributed by atoms with Gasteiger partial charge in [-0.05, 0) is 44.1 Å². The molecule has 0 heterocycles. The van der Waals surface area contributed by atoms with Gasteiger partial charge >= 0.3 is 0 Å². The predicted octanol–water partition coefficient (Wildman–Crippen LogP) is 3.12. The lowest BCUT2D eigenvalue weighted by molar-refractivity contribution is 0.109. The average Bonchev–Trinajstić information content (AvgIpc) is 2.33. The number of nitrogens with zero attached hydrogens (tertiary/aromatic N) is 1. The van der Waals surface area contributed by atoms with Gasteiger partial charge in [-0.3, -0.25) is 0 Å². The Morgan fingerprint density at radius 1 is 1.17 bits per heavy atom. The van der Waals surface area contributed by atoms with Crippen LogP contribution in [0.5, 0.6) is 0 Å². The van der Waals surface area contributed by atoms with Gasteiger partial charge in [0.05, 0.1) is 6.10 Å². The first-order valence-electron chi connectivity index (χ1n) is 6.43. The third-order valence-electron chi connectivity index (χ3n) is 2.83. The second-order valence-electron chi connectivity index (χ2n) is 4.48. The van der Waals surface area contributed by atoms with Crippen molar-refractivity contribution in [2.75, 3.05) is 19.6 Å². The van der Waals surface area contributed by atoms with E-state index in [0.29, 0.717) is 6.54 Å². The van der Waals surface area contributed by atoms with Crippen LogP contribution in [0.25, 0.3) is 0 Å². The van der Waals surface area contributed by atoms with Crippen LogP contribution in [0.3, 0.4) is 0 Å². The highest BCUT2D eigenvalue weighted by Crippen LogP contribution is 2.19. The van der Waals surface area contributed by atoms with E-state index < -0.39 is 17.7 Å². The summed E-state index contributed by atoms with van der Waals surface area (Å²) in [6.07, 6.45) is 0.954. The van der Waals surface area contributed by atoms with Gasteiger partial charge in [0.1, 0.15) is 11.6 Å². The summed E-state index contributed by atoms with van der Waals surface area (Å²) >= 11 is 0. The largest absolute Gasteiger partial charge is 0.387 e. The summed E-state index contributed by atoms with van der Waals surface area (Å²) in [5, 5.41) is 10.0. The van der Waals surface area contributed by atoms with Crippen molar-refractivity contribution in [1.82, 2.24) is 4.90 Å². The zero-order chi connectivity index (χ0) is 13.5. The van der Waals surface area contributed by atoms with E-state index in [0.717, 1.165) is 44.1 Å². The van der Waals surface area contributed by atoms with E-state index >= 15 is 0 Å². The Morgan fingerprint density at radius 2 is 1.78 bits per heavy atom. The Kier molecular flexibility index (Phi) is 6.22. The lowest BCUT2D eigenvalue weighted by atomic mass is 10.1. The summed E-state index contributed by atoms with van der Waals surface area (Å²) in [6, 6.07) is 3.18. The SMILES string of the molecule is CCCN(CCC)CC(O)c1cc(F)ccc1F. The van der Waals surface area contributed by atoms with Gasteiger partial charge in [-0.25, -0.2) is 8.78 Å². The van der Waals surface area contributed by atoms with Crippen LogP contribution >= 0.6 is 0 Å². The van der Waals surface area contributed by atoms with Crippen molar-refractivity contribution >= 4 is 0 Å². The number of benzene rings is 1. The minimum atomic E-state index is -0.987. The Balaban J connectivity index is 2.73. The molecule has 0 radical (unpaired) electrons. The van der Waals surface area contributed by atoms with Crippen LogP contribution in [0.2, 0.25) is 0 Å². The molecule has 0 aromatic heterocycles. The van der Waals surface area contributed by atoms with Gasteiger partial charge in [-0.1, -0.05) is 13.8 Å². The fraction of sp³-hybridized carbons (Fsp3) is 0.571. The van der Waals surface area contributed by atoms with Gasteiger partial charge in [-0.2, -0.15) is 0 Å². The normalized spacial score (nSPS) is 13.0. The molecule has 0 aliphatic heterocycles. The Labute approximate surface area is 107 Å². The maximum absolute atomic E-state index is 13.5. The fourth-order valence-corrected chi connectivity index (χ4v) is 2.04. The summed E-state index contributed by atoms with van der Waals surface area (Å²) < 4.78 is 26.5. The van der Waals surface area contributed by atoms with Crippen LogP contribution in [0.1, 0.15) is 38.4 Å². The molecule has 1 rings (SSSR count). The van der Waals surface area contributed by atoms with Crippen molar-refractivity contribution < 1.29 is 13.9 Å². The quantitative estimate of drug-likeness (QED) is 0.811. The Bertz CT molecular complexity index is 365. The van der Waals surface area contributed by atoms with E-state index in [1.807, 2.05) is 0 Å². The Morgan fingerprint density at radius 3 is 2.33 bits per heavy atom. The van der Waals surface area contributed by atoms with Crippen molar-refractivity contribution in [1.29, 1.82) is 0 Å². The molecule has 2 nitrogen and oxygen atoms in total. The molecule has 1 aromatic rings. The van der Waals surface area contributed by atoms with Crippen LogP contribution in [0.4, 0.5) is 8.78 Å². The lowest BCUT2D eigenvalue weighted by Gasteiger charge is -2.24. The van der Waals surface area contributed by atoms with Gasteiger partial charge in [0.2, 0.25) is 0 Å². The van der Waals surface area contributed by atoms with Crippen molar-refractivity contribution in [3.63, 3.8) is 0 Å². The van der Waals surface area contributed by atoms with Crippen molar-refractivity contribution in [2.24, 2.45) is 0 Å². The molecule has 0 aliphatic carbocycles. The highest BCUT2D eigenvalue weighted by Gasteiger charge is 2.16. The fourth-order valence-electron chi connectivity index (χ4n) is 2.04. The monoisotopic (exact) mass is 257 g/mol. The molecule has 0 aliphatic rings. The van der Waals surface area contributed by atoms with Gasteiger partial charge in [0.25, 0.3) is 0 Å². The maximum Gasteiger partial charge on any atom is 0.129 e. The van der Waals surface area contributed by atoms with Crippen LogP contribution < -0.4 is 0 Å². The molecule has 4 heteroatoms. The van der Waals surface area contributed by atoms with Crippen molar-refractivity contribution in [3.05, 3.63) is 35.4 Å². The molecule has 1 unspecified atom stereocenters. The van der Waals surface area contributed by atoms with Gasteiger partial charge in [-0.15, -0.1) is 0 Å². The summed E-state index contributed by atoms with van der Waals surface area (Å²) in [7, 11) is 0. The molecule has 1 N–H and O–H groups in total. The van der Waals surface area contributed by atoms with Gasteiger partial charge in [0, 0.05) is 12.1 Å². The molecule has 0 saturated heterocycles. The van der Waals surface area contributed by atoms with Crippen LogP contribution in [-0.4, -0.2) is 29.6 Å². The topological polar surface area (TPSA) is 23.5 Å². The zero-order valence-electron chi connectivity index (χ0n) is 11.0. The van der Waals surface area contributed by atoms with Gasteiger partial charge in [0.15, 0.2) is 0 Å². The van der Waals surface area contributed by atoms with Crippen molar-refractivity contribution in [2.45, 2.75) is 32.8 Å². The molecule has 0 spiro atoms. The van der Waals surface area contributed by atoms with E-state index in [-0.39, 0.29) is 5.56 Å². The maximum atomic E-state index is 13.5. The van der Waals surface area contributed by atoms with Crippen LogP contribution in [0, 0.1) is 11.6 Å². The summed E-state index contributed by atoms with van der Waals surface area (Å²) in [5.41, 5.74) is 0.0345. The van der Waals surface area contributed by atoms with Gasteiger partial charge < -0.3 is 10.0 Å². The second-order valence-corrected chi connectivity index (χ2v) is 4.48. The smallest absolute Gasteiger partial charge is 0.129 e. The minimum Gasteiger partial charge on any atom is -0.387 e. The number of rotatable bonds is 7. The van der Waals surface area contributed by atoms with Crippen LogP contribution in [-0.2, 0) is 0 Å². The first kappa shape index (κ1) is 15.1. The summed E-state index contributed by atoms with van der Waals surface area (Å²) in [4.78, 5) is 2.06. The summed E-state index contributed by atoms with van der Waals surface area (Å²) in [6.45, 7) is 6.14. The first-order chi connectivity index (χ1) is 8.58. The average molecular weight is 257 g/mol. The van der Waals surface area contributed by atoms with E-state index in [4.69, 9.17) is 0 Å². The van der Waals surface area contributed by atoms with Crippen molar-refractivity contribution in [3.8, 4) is 0 Å². The lowest BCUT2D eigenvalue weighted by Crippen LogP contribution is -2.30. The molecule has 18 heavy (non-hydrogen) atoms. The molecule has 0 fully saturated rings. The number of hydrogen-bond acceptors (Lipinski definition) is 2. The molecule has 0 amide bonds. The third kappa shape index (κ3) is 4.35. The second kappa shape index (κ2) is 7.44. The molecular weight excluding hydrogens is 236 g/mol. The third-order valence-corrected chi connectivity index (χ3v) is 2.83. The molecular formula is C14H21F2NO. The standard InChI is InChI=1S/C14H21F2NO/c1-3-7-17(8-4-2)10-14(18)12-9-11(15)5-6-13(12)16/h5-6,9,14,18H,3-4,7-8,10H2,1-2H3. The zero-order valence-corrected chi connectivity index (χ0v) is 11.0. The van der Waals surface area contributed by atoms with Crippen LogP contribution in [0.15, 0.2) is 18.2 Å². The van der Waals surface area contributed by atoms with E-state index in [2.05, 4.69) is 18.7 Å². The number of aliphatic hydroxyl groups excluding tert-OH is 1. The first-order valence-corrected chi connectivity index (χ1v) is 6.43. The highest BCUT2D eigenvalue weighted by molar-refractivity contribution is 5.21. The number of hydrogen-bond donors (Lipinski definition) is 1. The van der Waals surface area contributed by atoms with E-state index in [9.17, 15) is 13.9 Å². The predicted molar refractivity (Wildman–Crippen MR) is 68.3 cm³/mol. The number of aliphatic hydroxyl groups is 1. The molecule has 0 saturated carbocycles. The summed E-state index contributed by atoms with van der Waals surface area (Å²) in [5.74, 6) is -1.08. The number of halogens is 2. The van der Waals surface area contributed by atoms with E-state index in [1.165, 1.54) is 0 Å².